The number of nitrogens with zero attached hydrogens (tertiary/aromatic N) is 3. The molecule has 3 rings (SSSR count). The van der Waals surface area contributed by atoms with Crippen molar-refractivity contribution < 1.29 is 18.5 Å². The summed E-state index contributed by atoms with van der Waals surface area (Å²) in [4.78, 5) is 30.1. The Morgan fingerprint density at radius 1 is 1.35 bits per heavy atom. The van der Waals surface area contributed by atoms with Crippen LogP contribution in [0, 0.1) is 0 Å². The Hall–Kier alpha value is -2.64. The maximum absolute atomic E-state index is 12.6. The molecule has 2 aromatic heterocycles. The lowest BCUT2D eigenvalue weighted by molar-refractivity contribution is -0.132. The lowest BCUT2D eigenvalue weighted by Crippen LogP contribution is -2.40. The summed E-state index contributed by atoms with van der Waals surface area (Å²) < 4.78 is 10.4. The summed E-state index contributed by atoms with van der Waals surface area (Å²) in [7, 11) is 0. The molecule has 8 heteroatoms. The first-order valence-electron chi connectivity index (χ1n) is 7.23. The molecule has 1 unspecified atom stereocenters. The quantitative estimate of drug-likeness (QED) is 0.868. The number of rotatable bonds is 3. The van der Waals surface area contributed by atoms with Crippen LogP contribution in [0.3, 0.4) is 0 Å². The van der Waals surface area contributed by atoms with E-state index in [-0.39, 0.29) is 17.9 Å². The van der Waals surface area contributed by atoms with Crippen LogP contribution in [0.25, 0.3) is 0 Å². The van der Waals surface area contributed by atoms with Crippen LogP contribution < -0.4 is 5.32 Å². The fourth-order valence-corrected chi connectivity index (χ4v) is 2.33. The van der Waals surface area contributed by atoms with Crippen LogP contribution in [0.4, 0.5) is 4.79 Å². The van der Waals surface area contributed by atoms with Gasteiger partial charge < -0.3 is 14.3 Å². The number of aromatic nitrogens is 2. The number of carbonyl (C=O) groups excluding carboxylic acids is 2. The van der Waals surface area contributed by atoms with Crippen molar-refractivity contribution >= 4 is 11.9 Å². The summed E-state index contributed by atoms with van der Waals surface area (Å²) in [5.74, 6) is 0.683. The van der Waals surface area contributed by atoms with Crippen molar-refractivity contribution in [1.82, 2.24) is 20.4 Å². The van der Waals surface area contributed by atoms with E-state index in [2.05, 4.69) is 15.5 Å². The Balaban J connectivity index is 1.83. The smallest absolute Gasteiger partial charge is 0.325 e. The zero-order chi connectivity index (χ0) is 16.8. The van der Waals surface area contributed by atoms with Gasteiger partial charge in [-0.25, -0.2) is 4.79 Å². The van der Waals surface area contributed by atoms with E-state index in [1.54, 1.807) is 19.1 Å². The molecule has 1 N–H and O–H groups in total. The van der Waals surface area contributed by atoms with Gasteiger partial charge in [0.15, 0.2) is 11.4 Å². The molecule has 23 heavy (non-hydrogen) atoms. The summed E-state index contributed by atoms with van der Waals surface area (Å²) in [6.07, 6.45) is 1.45. The molecule has 0 aliphatic carbocycles. The van der Waals surface area contributed by atoms with Gasteiger partial charge >= 0.3 is 6.03 Å². The highest BCUT2D eigenvalue weighted by atomic mass is 16.5. The third-order valence-electron chi connectivity index (χ3n) is 3.72. The molecule has 0 aromatic carbocycles. The molecule has 1 atom stereocenters. The molecule has 0 radical (unpaired) electrons. The van der Waals surface area contributed by atoms with Gasteiger partial charge in [0, 0.05) is 5.41 Å². The van der Waals surface area contributed by atoms with Gasteiger partial charge in [0.2, 0.25) is 5.89 Å². The summed E-state index contributed by atoms with van der Waals surface area (Å²) in [6.45, 7) is 7.36. The lowest BCUT2D eigenvalue weighted by atomic mass is 9.96. The monoisotopic (exact) mass is 318 g/mol. The molecular formula is C15H18N4O4. The van der Waals surface area contributed by atoms with Crippen molar-refractivity contribution in [3.8, 4) is 0 Å². The largest absolute Gasteiger partial charge is 0.466 e. The number of amides is 3. The highest BCUT2D eigenvalue weighted by Crippen LogP contribution is 2.30. The van der Waals surface area contributed by atoms with Crippen molar-refractivity contribution in [2.45, 2.75) is 45.2 Å². The first-order valence-corrected chi connectivity index (χ1v) is 7.23. The molecule has 0 saturated carbocycles. The second-order valence-electron chi connectivity index (χ2n) is 6.69. The predicted octanol–water partition coefficient (Wildman–Crippen LogP) is 1.93. The highest BCUT2D eigenvalue weighted by Gasteiger charge is 2.51. The van der Waals surface area contributed by atoms with Gasteiger partial charge in [-0.1, -0.05) is 25.9 Å². The maximum atomic E-state index is 12.6. The molecular weight excluding hydrogens is 300 g/mol. The summed E-state index contributed by atoms with van der Waals surface area (Å²) in [6, 6.07) is 2.78. The third kappa shape index (κ3) is 2.49. The van der Waals surface area contributed by atoms with E-state index in [1.807, 2.05) is 20.8 Å². The molecule has 122 valence electrons. The fraction of sp³-hybridized carbons (Fsp3) is 0.467. The van der Waals surface area contributed by atoms with Crippen molar-refractivity contribution in [3.63, 3.8) is 0 Å². The van der Waals surface area contributed by atoms with E-state index in [0.717, 1.165) is 4.90 Å². The van der Waals surface area contributed by atoms with Gasteiger partial charge in [-0.15, -0.1) is 0 Å². The first kappa shape index (κ1) is 15.3. The van der Waals surface area contributed by atoms with Gasteiger partial charge in [-0.05, 0) is 19.1 Å². The number of hydrogen-bond donors (Lipinski definition) is 1. The van der Waals surface area contributed by atoms with E-state index >= 15 is 0 Å². The van der Waals surface area contributed by atoms with Gasteiger partial charge in [0.25, 0.3) is 5.91 Å². The zero-order valence-corrected chi connectivity index (χ0v) is 13.4. The fourth-order valence-electron chi connectivity index (χ4n) is 2.33. The number of hydrogen-bond acceptors (Lipinski definition) is 6. The van der Waals surface area contributed by atoms with Gasteiger partial charge in [-0.2, -0.15) is 4.98 Å². The minimum absolute atomic E-state index is 0.0793. The maximum Gasteiger partial charge on any atom is 0.325 e. The Bertz CT molecular complexity index is 744. The average molecular weight is 318 g/mol. The van der Waals surface area contributed by atoms with Crippen LogP contribution in [0.1, 0.15) is 45.2 Å². The lowest BCUT2D eigenvalue weighted by Gasteiger charge is -2.18. The Kier molecular flexibility index (Phi) is 3.28. The summed E-state index contributed by atoms with van der Waals surface area (Å²) >= 11 is 0. The van der Waals surface area contributed by atoms with E-state index in [4.69, 9.17) is 8.94 Å². The highest BCUT2D eigenvalue weighted by molar-refractivity contribution is 6.06. The second-order valence-corrected chi connectivity index (χ2v) is 6.69. The number of nitrogens with one attached hydrogen (secondary N) is 1. The molecule has 3 heterocycles. The van der Waals surface area contributed by atoms with E-state index < -0.39 is 17.5 Å². The Labute approximate surface area is 132 Å². The minimum Gasteiger partial charge on any atom is -0.466 e. The molecule has 1 saturated heterocycles. The molecule has 1 aliphatic rings. The van der Waals surface area contributed by atoms with Crippen molar-refractivity contribution in [2.24, 2.45) is 0 Å². The van der Waals surface area contributed by atoms with Crippen LogP contribution in [0.5, 0.6) is 0 Å². The van der Waals surface area contributed by atoms with Crippen molar-refractivity contribution in [2.75, 3.05) is 0 Å². The normalized spacial score (nSPS) is 21.8. The second kappa shape index (κ2) is 4.94. The summed E-state index contributed by atoms with van der Waals surface area (Å²) in [5, 5.41) is 6.54. The molecule has 0 bridgehead atoms. The predicted molar refractivity (Wildman–Crippen MR) is 78.1 cm³/mol. The zero-order valence-electron chi connectivity index (χ0n) is 13.4. The van der Waals surface area contributed by atoms with E-state index in [1.165, 1.54) is 6.26 Å². The van der Waals surface area contributed by atoms with Crippen LogP contribution >= 0.6 is 0 Å². The van der Waals surface area contributed by atoms with Crippen molar-refractivity contribution in [1.29, 1.82) is 0 Å². The number of furan rings is 1. The molecule has 8 nitrogen and oxygen atoms in total. The minimum atomic E-state index is -1.23. The topological polar surface area (TPSA) is 101 Å². The summed E-state index contributed by atoms with van der Waals surface area (Å²) in [5.41, 5.74) is -1.50. The molecule has 1 fully saturated rings. The third-order valence-corrected chi connectivity index (χ3v) is 3.72. The van der Waals surface area contributed by atoms with Gasteiger partial charge in [0.1, 0.15) is 12.3 Å². The van der Waals surface area contributed by atoms with E-state index in [0.29, 0.717) is 11.6 Å². The first-order chi connectivity index (χ1) is 10.7. The molecule has 3 amide bonds. The number of carbonyl (C=O) groups is 2. The molecule has 2 aromatic rings. The van der Waals surface area contributed by atoms with E-state index in [9.17, 15) is 9.59 Å². The number of imide groups is 1. The standard InChI is InChI=1S/C15H18N4O4/c1-14(2,3)11-16-10(23-18-11)8-19-12(20)15(4,17-13(19)21)9-6-5-7-22-9/h5-7H,8H2,1-4H3,(H,17,21). The SMILES string of the molecule is CC(C)(C)c1noc(CN2C(=O)NC(C)(c3ccco3)C2=O)n1. The van der Waals surface area contributed by atoms with Gasteiger partial charge in [-0.3, -0.25) is 9.69 Å². The average Bonchev–Trinajstić information content (AvgIpc) is 3.16. The van der Waals surface area contributed by atoms with Crippen LogP contribution in [0.15, 0.2) is 27.3 Å². The van der Waals surface area contributed by atoms with Crippen LogP contribution in [-0.2, 0) is 22.3 Å². The Morgan fingerprint density at radius 2 is 2.09 bits per heavy atom. The van der Waals surface area contributed by atoms with Crippen LogP contribution in [-0.4, -0.2) is 27.0 Å². The molecule has 1 aliphatic heterocycles. The Morgan fingerprint density at radius 3 is 2.65 bits per heavy atom. The van der Waals surface area contributed by atoms with Crippen LogP contribution in [0.2, 0.25) is 0 Å². The van der Waals surface area contributed by atoms with Crippen molar-refractivity contribution in [3.05, 3.63) is 35.9 Å². The van der Waals surface area contributed by atoms with Gasteiger partial charge in [0.05, 0.1) is 6.26 Å². The number of urea groups is 1. The molecule has 0 spiro atoms.